The van der Waals surface area contributed by atoms with Gasteiger partial charge in [-0.2, -0.15) is 0 Å². The summed E-state index contributed by atoms with van der Waals surface area (Å²) in [7, 11) is 0. The molecule has 1 amide bonds. The highest BCUT2D eigenvalue weighted by Crippen LogP contribution is 2.18. The van der Waals surface area contributed by atoms with Gasteiger partial charge in [0.15, 0.2) is 18.5 Å². The Morgan fingerprint density at radius 1 is 1.23 bits per heavy atom. The van der Waals surface area contributed by atoms with Crippen molar-refractivity contribution in [3.8, 4) is 5.75 Å². The van der Waals surface area contributed by atoms with E-state index in [1.54, 1.807) is 24.3 Å². The summed E-state index contributed by atoms with van der Waals surface area (Å²) in [5, 5.41) is 2.76. The number of carbonyl (C=O) groups excluding carboxylic acids is 3. The normalized spacial score (nSPS) is 14.8. The maximum atomic E-state index is 11.6. The van der Waals surface area contributed by atoms with E-state index in [1.807, 2.05) is 0 Å². The molecule has 1 aromatic carbocycles. The first-order valence-electron chi connectivity index (χ1n) is 7.19. The van der Waals surface area contributed by atoms with Gasteiger partial charge in [0, 0.05) is 11.6 Å². The van der Waals surface area contributed by atoms with Crippen LogP contribution in [0.2, 0.25) is 0 Å². The molecule has 6 nitrogen and oxygen atoms in total. The maximum absolute atomic E-state index is 11.6. The van der Waals surface area contributed by atoms with Crippen LogP contribution in [0.4, 0.5) is 0 Å². The minimum absolute atomic E-state index is 0.0403. The smallest absolute Gasteiger partial charge is 0.344 e. The Morgan fingerprint density at radius 2 is 1.86 bits per heavy atom. The summed E-state index contributed by atoms with van der Waals surface area (Å²) in [6.45, 7) is 2.71. The average Bonchev–Trinajstić information content (AvgIpc) is 3.29. The van der Waals surface area contributed by atoms with Crippen molar-refractivity contribution in [2.45, 2.75) is 38.8 Å². The van der Waals surface area contributed by atoms with Gasteiger partial charge in [-0.15, -0.1) is 0 Å². The molecule has 1 aliphatic rings. The van der Waals surface area contributed by atoms with Crippen LogP contribution in [0.1, 0.15) is 37.0 Å². The van der Waals surface area contributed by atoms with E-state index in [0.29, 0.717) is 11.3 Å². The molecule has 1 saturated carbocycles. The average molecular weight is 305 g/mol. The second-order valence-corrected chi connectivity index (χ2v) is 5.28. The molecule has 1 fully saturated rings. The number of hydrogen-bond acceptors (Lipinski definition) is 5. The summed E-state index contributed by atoms with van der Waals surface area (Å²) in [6.07, 6.45) is 1.12. The summed E-state index contributed by atoms with van der Waals surface area (Å²) in [5.41, 5.74) is 0.570. The zero-order valence-electron chi connectivity index (χ0n) is 12.6. The van der Waals surface area contributed by atoms with Crippen molar-refractivity contribution >= 4 is 17.7 Å². The van der Waals surface area contributed by atoms with E-state index in [1.165, 1.54) is 13.8 Å². The molecule has 0 saturated heterocycles. The molecule has 1 atom stereocenters. The highest BCUT2D eigenvalue weighted by atomic mass is 16.6. The number of nitrogens with one attached hydrogen (secondary N) is 1. The molecule has 0 bridgehead atoms. The van der Waals surface area contributed by atoms with Crippen molar-refractivity contribution in [3.63, 3.8) is 0 Å². The fraction of sp³-hybridized carbons (Fsp3) is 0.438. The van der Waals surface area contributed by atoms with Crippen LogP contribution in [-0.2, 0) is 14.3 Å². The predicted molar refractivity (Wildman–Crippen MR) is 78.7 cm³/mol. The number of Topliss-reactive ketones (excluding diaryl/α,β-unsaturated/α-hetero) is 1. The van der Waals surface area contributed by atoms with Crippen molar-refractivity contribution in [2.24, 2.45) is 0 Å². The van der Waals surface area contributed by atoms with Gasteiger partial charge in [0.25, 0.3) is 5.91 Å². The highest BCUT2D eigenvalue weighted by molar-refractivity contribution is 5.94. The first-order chi connectivity index (χ1) is 10.5. The van der Waals surface area contributed by atoms with E-state index in [9.17, 15) is 14.4 Å². The van der Waals surface area contributed by atoms with E-state index < -0.39 is 12.1 Å². The number of esters is 1. The number of rotatable bonds is 7. The van der Waals surface area contributed by atoms with Gasteiger partial charge in [-0.1, -0.05) is 0 Å². The lowest BCUT2D eigenvalue weighted by molar-refractivity contribution is -0.156. The quantitative estimate of drug-likeness (QED) is 0.609. The van der Waals surface area contributed by atoms with Gasteiger partial charge in [-0.25, -0.2) is 4.79 Å². The van der Waals surface area contributed by atoms with Crippen molar-refractivity contribution in [3.05, 3.63) is 29.8 Å². The van der Waals surface area contributed by atoms with Gasteiger partial charge in [0.2, 0.25) is 0 Å². The fourth-order valence-electron chi connectivity index (χ4n) is 1.76. The summed E-state index contributed by atoms with van der Waals surface area (Å²) in [4.78, 5) is 34.4. The predicted octanol–water partition coefficient (Wildman–Crippen LogP) is 1.48. The Hall–Kier alpha value is -2.37. The minimum atomic E-state index is -0.836. The Balaban J connectivity index is 1.74. The standard InChI is InChI=1S/C16H19NO5/c1-10(18)12-3-7-14(8-4-12)21-9-15(19)22-11(2)16(20)17-13-5-6-13/h3-4,7-8,11,13H,5-6,9H2,1-2H3,(H,17,20)/t11-/m1/s1. The van der Waals surface area contributed by atoms with E-state index in [2.05, 4.69) is 5.32 Å². The molecule has 1 aromatic rings. The molecule has 118 valence electrons. The summed E-state index contributed by atoms with van der Waals surface area (Å²) in [5.74, 6) is -0.491. The second kappa shape index (κ2) is 7.06. The summed E-state index contributed by atoms with van der Waals surface area (Å²) < 4.78 is 10.3. The lowest BCUT2D eigenvalue weighted by Gasteiger charge is -2.13. The van der Waals surface area contributed by atoms with E-state index in [4.69, 9.17) is 9.47 Å². The van der Waals surface area contributed by atoms with Crippen molar-refractivity contribution in [1.82, 2.24) is 5.32 Å². The van der Waals surface area contributed by atoms with Crippen molar-refractivity contribution < 1.29 is 23.9 Å². The molecule has 0 heterocycles. The topological polar surface area (TPSA) is 81.7 Å². The lowest BCUT2D eigenvalue weighted by Crippen LogP contribution is -2.37. The van der Waals surface area contributed by atoms with Crippen molar-refractivity contribution in [2.75, 3.05) is 6.61 Å². The van der Waals surface area contributed by atoms with Crippen LogP contribution in [0, 0.1) is 0 Å². The Kier molecular flexibility index (Phi) is 5.14. The first kappa shape index (κ1) is 16.0. The molecule has 22 heavy (non-hydrogen) atoms. The van der Waals surface area contributed by atoms with E-state index in [0.717, 1.165) is 12.8 Å². The fourth-order valence-corrected chi connectivity index (χ4v) is 1.76. The third-order valence-electron chi connectivity index (χ3n) is 3.22. The number of hydrogen-bond donors (Lipinski definition) is 1. The first-order valence-corrected chi connectivity index (χ1v) is 7.19. The Morgan fingerprint density at radius 3 is 2.41 bits per heavy atom. The van der Waals surface area contributed by atoms with Crippen LogP contribution in [0.15, 0.2) is 24.3 Å². The van der Waals surface area contributed by atoms with E-state index >= 15 is 0 Å². The Labute approximate surface area is 128 Å². The molecular formula is C16H19NO5. The van der Waals surface area contributed by atoms with Crippen LogP contribution in [-0.4, -0.2) is 36.4 Å². The number of amides is 1. The number of benzene rings is 1. The molecule has 0 aromatic heterocycles. The van der Waals surface area contributed by atoms with Crippen LogP contribution in [0.3, 0.4) is 0 Å². The van der Waals surface area contributed by atoms with Gasteiger partial charge in [0.1, 0.15) is 5.75 Å². The van der Waals surface area contributed by atoms with Gasteiger partial charge in [0.05, 0.1) is 0 Å². The lowest BCUT2D eigenvalue weighted by atomic mass is 10.1. The third-order valence-corrected chi connectivity index (χ3v) is 3.22. The zero-order valence-corrected chi connectivity index (χ0v) is 12.6. The summed E-state index contributed by atoms with van der Waals surface area (Å²) in [6, 6.07) is 6.67. The van der Waals surface area contributed by atoms with Gasteiger partial charge in [-0.05, 0) is 51.0 Å². The van der Waals surface area contributed by atoms with Crippen molar-refractivity contribution in [1.29, 1.82) is 0 Å². The number of carbonyl (C=O) groups is 3. The third kappa shape index (κ3) is 4.87. The SMILES string of the molecule is CC(=O)c1ccc(OCC(=O)O[C@H](C)C(=O)NC2CC2)cc1. The van der Waals surface area contributed by atoms with Crippen LogP contribution < -0.4 is 10.1 Å². The minimum Gasteiger partial charge on any atom is -0.482 e. The largest absolute Gasteiger partial charge is 0.482 e. The number of ketones is 1. The Bertz CT molecular complexity index is 562. The number of ether oxygens (including phenoxy) is 2. The molecule has 0 unspecified atom stereocenters. The monoisotopic (exact) mass is 305 g/mol. The molecule has 0 spiro atoms. The molecule has 0 radical (unpaired) electrons. The van der Waals surface area contributed by atoms with Gasteiger partial charge >= 0.3 is 5.97 Å². The van der Waals surface area contributed by atoms with Gasteiger partial charge in [-0.3, -0.25) is 9.59 Å². The highest BCUT2D eigenvalue weighted by Gasteiger charge is 2.27. The zero-order chi connectivity index (χ0) is 16.1. The summed E-state index contributed by atoms with van der Waals surface area (Å²) >= 11 is 0. The van der Waals surface area contributed by atoms with Crippen LogP contribution in [0.5, 0.6) is 5.75 Å². The van der Waals surface area contributed by atoms with Crippen LogP contribution in [0.25, 0.3) is 0 Å². The molecule has 0 aliphatic heterocycles. The maximum Gasteiger partial charge on any atom is 0.344 e. The van der Waals surface area contributed by atoms with Gasteiger partial charge < -0.3 is 14.8 Å². The molecule has 1 N–H and O–H groups in total. The second-order valence-electron chi connectivity index (χ2n) is 5.28. The molecular weight excluding hydrogens is 286 g/mol. The molecule has 2 rings (SSSR count). The van der Waals surface area contributed by atoms with Crippen LogP contribution >= 0.6 is 0 Å². The molecule has 6 heteroatoms. The molecule has 1 aliphatic carbocycles. The van der Waals surface area contributed by atoms with E-state index in [-0.39, 0.29) is 24.3 Å².